The van der Waals surface area contributed by atoms with Crippen molar-refractivity contribution in [3.05, 3.63) is 17.7 Å². The summed E-state index contributed by atoms with van der Waals surface area (Å²) in [7, 11) is 0. The number of anilines is 2. The highest BCUT2D eigenvalue weighted by molar-refractivity contribution is 6.09. The van der Waals surface area contributed by atoms with E-state index in [1.165, 1.54) is 5.56 Å². The van der Waals surface area contributed by atoms with Crippen molar-refractivity contribution in [3.8, 4) is 5.75 Å². The third-order valence-electron chi connectivity index (χ3n) is 6.38. The average molecular weight is 428 g/mol. The van der Waals surface area contributed by atoms with Crippen LogP contribution in [0.5, 0.6) is 5.75 Å². The van der Waals surface area contributed by atoms with Gasteiger partial charge in [0.1, 0.15) is 24.0 Å². The Balaban J connectivity index is 1.41. The molecule has 4 aliphatic heterocycles. The number of hydrogen-bond donors (Lipinski definition) is 1. The summed E-state index contributed by atoms with van der Waals surface area (Å²) in [6.45, 7) is 12.1. The van der Waals surface area contributed by atoms with Crippen LogP contribution < -0.4 is 20.0 Å². The van der Waals surface area contributed by atoms with Gasteiger partial charge >= 0.3 is 6.09 Å². The molecule has 0 radical (unpaired) electrons. The maximum atomic E-state index is 12.4. The molecule has 4 aliphatic rings. The summed E-state index contributed by atoms with van der Waals surface area (Å²) in [5.41, 5.74) is 5.13. The van der Waals surface area contributed by atoms with E-state index in [-0.39, 0.29) is 23.6 Å². The Morgan fingerprint density at radius 1 is 1.29 bits per heavy atom. The lowest BCUT2D eigenvalue weighted by Gasteiger charge is -2.53. The number of benzene rings is 1. The molecule has 1 N–H and O–H groups in total. The molecule has 0 unspecified atom stereocenters. The number of carbonyl (C=O) groups excluding carboxylic acids is 2. The van der Waals surface area contributed by atoms with Crippen molar-refractivity contribution in [1.29, 1.82) is 0 Å². The van der Waals surface area contributed by atoms with E-state index < -0.39 is 5.60 Å². The van der Waals surface area contributed by atoms with Crippen LogP contribution >= 0.6 is 0 Å². The molecule has 5 rings (SSSR count). The van der Waals surface area contributed by atoms with Crippen LogP contribution in [0.15, 0.2) is 17.2 Å². The minimum atomic E-state index is -0.501. The van der Waals surface area contributed by atoms with Gasteiger partial charge in [-0.15, -0.1) is 0 Å². The summed E-state index contributed by atoms with van der Waals surface area (Å²) < 4.78 is 11.5. The van der Waals surface area contributed by atoms with Crippen molar-refractivity contribution in [1.82, 2.24) is 10.3 Å². The quantitative estimate of drug-likeness (QED) is 0.739. The fraction of sp³-hybridized carbons (Fsp3) is 0.591. The van der Waals surface area contributed by atoms with Crippen LogP contribution in [0.1, 0.15) is 40.2 Å². The van der Waals surface area contributed by atoms with Crippen LogP contribution in [0.3, 0.4) is 0 Å². The van der Waals surface area contributed by atoms with E-state index in [0.29, 0.717) is 25.5 Å². The van der Waals surface area contributed by atoms with E-state index in [4.69, 9.17) is 9.47 Å². The summed E-state index contributed by atoms with van der Waals surface area (Å²) in [6, 6.07) is 3.85. The molecule has 31 heavy (non-hydrogen) atoms. The maximum absolute atomic E-state index is 12.4. The van der Waals surface area contributed by atoms with Gasteiger partial charge < -0.3 is 24.2 Å². The van der Waals surface area contributed by atoms with Crippen molar-refractivity contribution in [2.75, 3.05) is 36.0 Å². The van der Waals surface area contributed by atoms with E-state index in [0.717, 1.165) is 30.1 Å². The molecule has 1 saturated heterocycles. The Morgan fingerprint density at radius 2 is 2.03 bits per heavy atom. The Hall–Kier alpha value is -2.97. The van der Waals surface area contributed by atoms with Gasteiger partial charge in [0.05, 0.1) is 11.2 Å². The molecule has 0 bridgehead atoms. The van der Waals surface area contributed by atoms with Gasteiger partial charge in [0, 0.05) is 25.3 Å². The standard InChI is InChI=1S/C22H29N5O4/c1-13-19(28)24-23-18-10-30-17-8-14-6-7-26(15(14)9-16(17)27(13)18)22(5)11-25(12-22)20(29)31-21(2,3)4/h8-9,13H,6-7,10-12H2,1-5H3,(H,24,28)/t13-/m0/s1. The predicted molar refractivity (Wildman–Crippen MR) is 117 cm³/mol. The zero-order chi connectivity index (χ0) is 22.1. The lowest BCUT2D eigenvalue weighted by atomic mass is 9.90. The molecular formula is C22H29N5O4. The van der Waals surface area contributed by atoms with Gasteiger partial charge in [0.2, 0.25) is 0 Å². The molecule has 1 fully saturated rings. The minimum Gasteiger partial charge on any atom is -0.483 e. The number of hydrazone groups is 1. The first-order valence-corrected chi connectivity index (χ1v) is 10.8. The highest BCUT2D eigenvalue weighted by atomic mass is 16.6. The van der Waals surface area contributed by atoms with Crippen molar-refractivity contribution in [3.63, 3.8) is 0 Å². The van der Waals surface area contributed by atoms with E-state index in [2.05, 4.69) is 34.5 Å². The lowest BCUT2D eigenvalue weighted by Crippen LogP contribution is -2.70. The molecule has 0 saturated carbocycles. The monoisotopic (exact) mass is 427 g/mol. The van der Waals surface area contributed by atoms with E-state index in [1.807, 2.05) is 32.6 Å². The Bertz CT molecular complexity index is 992. The third-order valence-corrected chi connectivity index (χ3v) is 6.38. The first-order valence-electron chi connectivity index (χ1n) is 10.8. The largest absolute Gasteiger partial charge is 0.483 e. The molecule has 0 aromatic heterocycles. The fourth-order valence-electron chi connectivity index (χ4n) is 4.87. The molecule has 4 heterocycles. The van der Waals surface area contributed by atoms with Crippen molar-refractivity contribution in [2.24, 2.45) is 5.10 Å². The highest BCUT2D eigenvalue weighted by Gasteiger charge is 2.49. The first kappa shape index (κ1) is 20.0. The zero-order valence-corrected chi connectivity index (χ0v) is 18.7. The summed E-state index contributed by atoms with van der Waals surface area (Å²) in [6.07, 6.45) is 0.655. The SMILES string of the molecule is C[C@H]1C(=O)NN=C2COc3cc4c(cc3N21)N(C1(C)CN(C(=O)OC(C)(C)C)C1)CC4. The number of nitrogens with zero attached hydrogens (tertiary/aromatic N) is 4. The molecule has 166 valence electrons. The Labute approximate surface area is 181 Å². The Morgan fingerprint density at radius 3 is 2.74 bits per heavy atom. The number of hydrogen-bond acceptors (Lipinski definition) is 7. The Kier molecular flexibility index (Phi) is 4.19. The van der Waals surface area contributed by atoms with Crippen LogP contribution in [0.25, 0.3) is 0 Å². The van der Waals surface area contributed by atoms with E-state index >= 15 is 0 Å². The molecule has 1 aromatic rings. The predicted octanol–water partition coefficient (Wildman–Crippen LogP) is 2.09. The van der Waals surface area contributed by atoms with Crippen molar-refractivity contribution < 1.29 is 19.1 Å². The summed E-state index contributed by atoms with van der Waals surface area (Å²) in [5.74, 6) is 1.36. The number of amides is 2. The van der Waals surface area contributed by atoms with Crippen LogP contribution in [0, 0.1) is 0 Å². The highest BCUT2D eigenvalue weighted by Crippen LogP contribution is 2.45. The number of rotatable bonds is 1. The first-order chi connectivity index (χ1) is 14.6. The number of carbonyl (C=O) groups is 2. The normalized spacial score (nSPS) is 23.6. The molecule has 9 heteroatoms. The van der Waals surface area contributed by atoms with Crippen LogP contribution in [-0.4, -0.2) is 66.2 Å². The number of amidine groups is 1. The molecule has 0 spiro atoms. The second kappa shape index (κ2) is 6.51. The average Bonchev–Trinajstić information content (AvgIpc) is 3.08. The lowest BCUT2D eigenvalue weighted by molar-refractivity contribution is -0.122. The minimum absolute atomic E-state index is 0.132. The number of likely N-dealkylation sites (tertiary alicyclic amines) is 1. The summed E-state index contributed by atoms with van der Waals surface area (Å²) >= 11 is 0. The van der Waals surface area contributed by atoms with Crippen LogP contribution in [-0.2, 0) is 16.0 Å². The third kappa shape index (κ3) is 3.18. The second-order valence-electron chi connectivity index (χ2n) is 10.0. The van der Waals surface area contributed by atoms with Crippen LogP contribution in [0.4, 0.5) is 16.2 Å². The second-order valence-corrected chi connectivity index (χ2v) is 10.0. The number of ether oxygens (including phenoxy) is 2. The smallest absolute Gasteiger partial charge is 0.410 e. The van der Waals surface area contributed by atoms with Gasteiger partial charge in [0.15, 0.2) is 5.84 Å². The van der Waals surface area contributed by atoms with Gasteiger partial charge in [-0.2, -0.15) is 5.10 Å². The topological polar surface area (TPSA) is 86.7 Å². The van der Waals surface area contributed by atoms with Gasteiger partial charge in [-0.25, -0.2) is 10.2 Å². The molecule has 2 amide bonds. The fourth-order valence-corrected chi connectivity index (χ4v) is 4.87. The summed E-state index contributed by atoms with van der Waals surface area (Å²) in [5, 5.41) is 4.18. The molecule has 9 nitrogen and oxygen atoms in total. The van der Waals surface area contributed by atoms with Gasteiger partial charge in [0.25, 0.3) is 5.91 Å². The maximum Gasteiger partial charge on any atom is 0.410 e. The zero-order valence-electron chi connectivity index (χ0n) is 18.7. The van der Waals surface area contributed by atoms with E-state index in [9.17, 15) is 9.59 Å². The summed E-state index contributed by atoms with van der Waals surface area (Å²) in [4.78, 5) is 30.7. The van der Waals surface area contributed by atoms with Crippen molar-refractivity contribution >= 4 is 29.2 Å². The number of fused-ring (bicyclic) bond motifs is 4. The van der Waals surface area contributed by atoms with Gasteiger partial charge in [-0.05, 0) is 58.7 Å². The van der Waals surface area contributed by atoms with Crippen LogP contribution in [0.2, 0.25) is 0 Å². The van der Waals surface area contributed by atoms with E-state index in [1.54, 1.807) is 4.90 Å². The number of nitrogens with one attached hydrogen (secondary N) is 1. The molecule has 1 atom stereocenters. The molecule has 1 aromatic carbocycles. The van der Waals surface area contributed by atoms with Gasteiger partial charge in [-0.1, -0.05) is 0 Å². The molecule has 0 aliphatic carbocycles. The molecular weight excluding hydrogens is 398 g/mol. The van der Waals surface area contributed by atoms with Crippen molar-refractivity contribution in [2.45, 2.75) is 58.2 Å². The van der Waals surface area contributed by atoms with Gasteiger partial charge in [-0.3, -0.25) is 4.79 Å².